The molecule has 5 nitrogen and oxygen atoms in total. The summed E-state index contributed by atoms with van der Waals surface area (Å²) in [5, 5.41) is 0.803. The molecule has 0 saturated carbocycles. The maximum absolute atomic E-state index is 12.9. The van der Waals surface area contributed by atoms with Crippen molar-refractivity contribution < 1.29 is 4.79 Å². The molecule has 5 rings (SSSR count). The highest BCUT2D eigenvalue weighted by atomic mass is 32.2. The van der Waals surface area contributed by atoms with Crippen molar-refractivity contribution in [3.05, 3.63) is 57.0 Å². The fourth-order valence-corrected chi connectivity index (χ4v) is 5.50. The van der Waals surface area contributed by atoms with Gasteiger partial charge in [0.2, 0.25) is 5.91 Å². The number of aromatic nitrogens is 2. The Morgan fingerprint density at radius 3 is 2.92 bits per heavy atom. The third-order valence-corrected chi connectivity index (χ3v) is 6.86. The van der Waals surface area contributed by atoms with Crippen molar-refractivity contribution in [3.63, 3.8) is 0 Å². The first-order chi connectivity index (χ1) is 12.7. The normalized spacial score (nSPS) is 20.6. The van der Waals surface area contributed by atoms with Gasteiger partial charge in [-0.05, 0) is 36.8 Å². The molecule has 0 fully saturated rings. The van der Waals surface area contributed by atoms with Gasteiger partial charge in [-0.15, -0.1) is 0 Å². The molecule has 1 atom stereocenters. The third kappa shape index (κ3) is 2.58. The minimum atomic E-state index is -0.0643. The van der Waals surface area contributed by atoms with Crippen molar-refractivity contribution in [1.29, 1.82) is 0 Å². The van der Waals surface area contributed by atoms with Crippen LogP contribution in [0.4, 0.5) is 0 Å². The van der Waals surface area contributed by atoms with Crippen LogP contribution in [0.2, 0.25) is 0 Å². The van der Waals surface area contributed by atoms with Gasteiger partial charge >= 0.3 is 0 Å². The van der Waals surface area contributed by atoms with E-state index in [1.54, 1.807) is 16.3 Å². The average molecular weight is 367 g/mol. The summed E-state index contributed by atoms with van der Waals surface area (Å²) in [4.78, 5) is 32.4. The Hall–Kier alpha value is -2.08. The first-order valence-electron chi connectivity index (χ1n) is 9.32. The zero-order valence-electron chi connectivity index (χ0n) is 14.6. The van der Waals surface area contributed by atoms with Crippen LogP contribution in [-0.4, -0.2) is 32.7 Å². The van der Waals surface area contributed by atoms with Crippen molar-refractivity contribution in [2.45, 2.75) is 49.8 Å². The minimum Gasteiger partial charge on any atom is -0.338 e. The molecule has 0 saturated heterocycles. The van der Waals surface area contributed by atoms with Gasteiger partial charge in [-0.2, -0.15) is 0 Å². The minimum absolute atomic E-state index is 0.0643. The summed E-state index contributed by atoms with van der Waals surface area (Å²) in [7, 11) is 0. The lowest BCUT2D eigenvalue weighted by atomic mass is 9.99. The Labute approximate surface area is 156 Å². The van der Waals surface area contributed by atoms with E-state index in [0.29, 0.717) is 13.0 Å². The summed E-state index contributed by atoms with van der Waals surface area (Å²) >= 11 is 1.61. The van der Waals surface area contributed by atoms with Gasteiger partial charge in [-0.1, -0.05) is 36.0 Å². The molecule has 26 heavy (non-hydrogen) atoms. The maximum Gasteiger partial charge on any atom is 0.257 e. The molecule has 6 heteroatoms. The Kier molecular flexibility index (Phi) is 3.89. The molecule has 0 bridgehead atoms. The molecule has 1 aromatic heterocycles. The molecule has 0 spiro atoms. The maximum atomic E-state index is 12.9. The van der Waals surface area contributed by atoms with E-state index in [1.165, 1.54) is 11.1 Å². The summed E-state index contributed by atoms with van der Waals surface area (Å²) in [6.45, 7) is 1.44. The molecule has 0 radical (unpaired) electrons. The average Bonchev–Trinajstić information content (AvgIpc) is 3.29. The van der Waals surface area contributed by atoms with Crippen molar-refractivity contribution in [1.82, 2.24) is 14.5 Å². The van der Waals surface area contributed by atoms with Crippen LogP contribution >= 0.6 is 11.8 Å². The van der Waals surface area contributed by atoms with Crippen LogP contribution in [0, 0.1) is 0 Å². The van der Waals surface area contributed by atoms with E-state index in [4.69, 9.17) is 4.98 Å². The highest BCUT2D eigenvalue weighted by Crippen LogP contribution is 2.34. The molecule has 134 valence electrons. The smallest absolute Gasteiger partial charge is 0.257 e. The molecule has 3 heterocycles. The van der Waals surface area contributed by atoms with Gasteiger partial charge in [0, 0.05) is 30.8 Å². The number of aryl methyl sites for hydroxylation is 1. The first-order valence-corrected chi connectivity index (χ1v) is 10.3. The molecule has 2 aliphatic heterocycles. The number of hydrogen-bond donors (Lipinski definition) is 0. The van der Waals surface area contributed by atoms with Gasteiger partial charge in [0.05, 0.1) is 11.7 Å². The lowest BCUT2D eigenvalue weighted by molar-refractivity contribution is -0.132. The SMILES string of the molecule is O=C(CC1CSc2nc3c(c(=O)n21)CCC3)N1CCc2ccccc2C1. The Morgan fingerprint density at radius 2 is 2.04 bits per heavy atom. The third-order valence-electron chi connectivity index (χ3n) is 5.77. The lowest BCUT2D eigenvalue weighted by Gasteiger charge is -2.30. The lowest BCUT2D eigenvalue weighted by Crippen LogP contribution is -2.38. The Bertz CT molecular complexity index is 953. The van der Waals surface area contributed by atoms with Gasteiger partial charge in [0.15, 0.2) is 5.16 Å². The Balaban J connectivity index is 1.36. The molecular formula is C20H21N3O2S. The van der Waals surface area contributed by atoms with Crippen LogP contribution in [0.25, 0.3) is 0 Å². The second-order valence-corrected chi connectivity index (χ2v) is 8.34. The van der Waals surface area contributed by atoms with Crippen LogP contribution in [0.15, 0.2) is 34.2 Å². The zero-order chi connectivity index (χ0) is 17.7. The number of thioether (sulfide) groups is 1. The van der Waals surface area contributed by atoms with Crippen LogP contribution < -0.4 is 5.56 Å². The van der Waals surface area contributed by atoms with Crippen LogP contribution in [-0.2, 0) is 30.6 Å². The quantitative estimate of drug-likeness (QED) is 0.765. The summed E-state index contributed by atoms with van der Waals surface area (Å²) in [6, 6.07) is 8.27. The number of carbonyl (C=O) groups excluding carboxylic acids is 1. The van der Waals surface area contributed by atoms with Crippen LogP contribution in [0.3, 0.4) is 0 Å². The van der Waals surface area contributed by atoms with Gasteiger partial charge in [-0.25, -0.2) is 4.98 Å². The predicted molar refractivity (Wildman–Crippen MR) is 100 cm³/mol. The van der Waals surface area contributed by atoms with E-state index in [9.17, 15) is 9.59 Å². The van der Waals surface area contributed by atoms with Gasteiger partial charge < -0.3 is 4.90 Å². The number of nitrogens with zero attached hydrogens (tertiary/aromatic N) is 3. The fourth-order valence-electron chi connectivity index (χ4n) is 4.34. The highest BCUT2D eigenvalue weighted by molar-refractivity contribution is 7.99. The molecule has 1 aliphatic carbocycles. The zero-order valence-corrected chi connectivity index (χ0v) is 15.4. The number of hydrogen-bond acceptors (Lipinski definition) is 4. The van der Waals surface area contributed by atoms with E-state index >= 15 is 0 Å². The molecule has 1 unspecified atom stereocenters. The monoisotopic (exact) mass is 367 g/mol. The molecular weight excluding hydrogens is 346 g/mol. The van der Waals surface area contributed by atoms with E-state index in [-0.39, 0.29) is 17.5 Å². The molecule has 1 aromatic carbocycles. The molecule has 2 aromatic rings. The summed E-state index contributed by atoms with van der Waals surface area (Å²) < 4.78 is 1.80. The topological polar surface area (TPSA) is 55.2 Å². The van der Waals surface area contributed by atoms with Gasteiger partial charge in [-0.3, -0.25) is 14.2 Å². The van der Waals surface area contributed by atoms with Gasteiger partial charge in [0.1, 0.15) is 0 Å². The highest BCUT2D eigenvalue weighted by Gasteiger charge is 2.32. The van der Waals surface area contributed by atoms with Crippen molar-refractivity contribution >= 4 is 17.7 Å². The number of fused-ring (bicyclic) bond motifs is 3. The molecule has 0 N–H and O–H groups in total. The van der Waals surface area contributed by atoms with Crippen LogP contribution in [0.1, 0.15) is 41.3 Å². The number of rotatable bonds is 2. The van der Waals surface area contributed by atoms with E-state index in [1.807, 2.05) is 11.0 Å². The fraction of sp³-hybridized carbons (Fsp3) is 0.450. The second kappa shape index (κ2) is 6.27. The molecule has 3 aliphatic rings. The van der Waals surface area contributed by atoms with Crippen LogP contribution in [0.5, 0.6) is 0 Å². The summed E-state index contributed by atoms with van der Waals surface area (Å²) in [5.41, 5.74) is 4.53. The van der Waals surface area contributed by atoms with Gasteiger partial charge in [0.25, 0.3) is 5.56 Å². The standard InChI is InChI=1S/C20H21N3O2S/c24-18(22-9-8-13-4-1-2-5-14(13)11-22)10-15-12-26-20-21-17-7-3-6-16(17)19(25)23(15)20/h1-2,4-5,15H,3,6-12H2. The van der Waals surface area contributed by atoms with Crippen molar-refractivity contribution in [2.75, 3.05) is 12.3 Å². The predicted octanol–water partition coefficient (Wildman–Crippen LogP) is 2.35. The first kappa shape index (κ1) is 16.1. The Morgan fingerprint density at radius 1 is 1.19 bits per heavy atom. The van der Waals surface area contributed by atoms with E-state index < -0.39 is 0 Å². The number of carbonyl (C=O) groups is 1. The number of benzene rings is 1. The van der Waals surface area contributed by atoms with E-state index in [0.717, 1.165) is 54.4 Å². The summed E-state index contributed by atoms with van der Waals surface area (Å²) in [5.74, 6) is 0.909. The number of amides is 1. The van der Waals surface area contributed by atoms with Crippen molar-refractivity contribution in [3.8, 4) is 0 Å². The van der Waals surface area contributed by atoms with E-state index in [2.05, 4.69) is 18.2 Å². The summed E-state index contributed by atoms with van der Waals surface area (Å²) in [6.07, 6.45) is 4.06. The second-order valence-electron chi connectivity index (χ2n) is 7.35. The molecule has 1 amide bonds. The largest absolute Gasteiger partial charge is 0.338 e. The van der Waals surface area contributed by atoms with Crippen molar-refractivity contribution in [2.24, 2.45) is 0 Å².